The second-order valence-corrected chi connectivity index (χ2v) is 8.82. The number of hydrogen-bond donors (Lipinski definition) is 0. The van der Waals surface area contributed by atoms with Crippen molar-refractivity contribution in [2.45, 2.75) is 39.5 Å². The lowest BCUT2D eigenvalue weighted by Gasteiger charge is -2.35. The van der Waals surface area contributed by atoms with Crippen LogP contribution in [0.25, 0.3) is 5.69 Å². The lowest BCUT2D eigenvalue weighted by Crippen LogP contribution is -2.51. The third kappa shape index (κ3) is 4.85. The first-order chi connectivity index (χ1) is 15.0. The number of nitrogens with zero attached hydrogens (tertiary/aromatic N) is 4. The molecular weight excluding hydrogens is 388 g/mol. The Kier molecular flexibility index (Phi) is 6.76. The molecule has 166 valence electrons. The molecule has 2 aliphatic rings. The monoisotopic (exact) mass is 422 g/mol. The molecule has 2 aliphatic heterocycles. The summed E-state index contributed by atoms with van der Waals surface area (Å²) in [6.07, 6.45) is 4.70. The number of carbonyl (C=O) groups excluding carboxylic acids is 2. The molecule has 31 heavy (non-hydrogen) atoms. The zero-order chi connectivity index (χ0) is 21.8. The van der Waals surface area contributed by atoms with E-state index in [4.69, 9.17) is 0 Å². The lowest BCUT2D eigenvalue weighted by atomic mass is 10.2. The number of aromatic nitrogens is 1. The highest BCUT2D eigenvalue weighted by molar-refractivity contribution is 5.96. The van der Waals surface area contributed by atoms with Crippen molar-refractivity contribution in [2.75, 3.05) is 45.8 Å². The van der Waals surface area contributed by atoms with Crippen LogP contribution in [0.3, 0.4) is 0 Å². The van der Waals surface area contributed by atoms with Crippen LogP contribution in [-0.4, -0.2) is 76.9 Å². The number of piperazine rings is 1. The van der Waals surface area contributed by atoms with Crippen molar-refractivity contribution in [3.8, 4) is 5.69 Å². The number of benzene rings is 1. The molecule has 0 atom stereocenters. The van der Waals surface area contributed by atoms with E-state index in [1.807, 2.05) is 47.9 Å². The SMILES string of the molecule is Cc1cc(C(=O)N2CCN(CC(=O)N3CCCCCC3)CC2)c(C)n1-c1ccccc1. The van der Waals surface area contributed by atoms with Gasteiger partial charge in [0.15, 0.2) is 0 Å². The number of carbonyl (C=O) groups is 2. The van der Waals surface area contributed by atoms with E-state index in [0.717, 1.165) is 61.7 Å². The van der Waals surface area contributed by atoms with Crippen LogP contribution in [0.1, 0.15) is 47.4 Å². The van der Waals surface area contributed by atoms with E-state index in [2.05, 4.69) is 21.6 Å². The fourth-order valence-electron chi connectivity index (χ4n) is 4.84. The van der Waals surface area contributed by atoms with Crippen molar-refractivity contribution in [1.29, 1.82) is 0 Å². The summed E-state index contributed by atoms with van der Waals surface area (Å²) >= 11 is 0. The van der Waals surface area contributed by atoms with Crippen LogP contribution in [0.5, 0.6) is 0 Å². The average Bonchev–Trinajstić information content (AvgIpc) is 2.96. The van der Waals surface area contributed by atoms with Crippen LogP contribution in [-0.2, 0) is 4.79 Å². The summed E-state index contributed by atoms with van der Waals surface area (Å²) in [6.45, 7) is 9.17. The molecule has 0 N–H and O–H groups in total. The largest absolute Gasteiger partial charge is 0.342 e. The van der Waals surface area contributed by atoms with Crippen molar-refractivity contribution < 1.29 is 9.59 Å². The fourth-order valence-corrected chi connectivity index (χ4v) is 4.84. The predicted molar refractivity (Wildman–Crippen MR) is 123 cm³/mol. The number of likely N-dealkylation sites (tertiary alicyclic amines) is 1. The van der Waals surface area contributed by atoms with E-state index >= 15 is 0 Å². The first kappa shape index (κ1) is 21.6. The number of para-hydroxylation sites is 1. The summed E-state index contributed by atoms with van der Waals surface area (Å²) < 4.78 is 2.14. The Morgan fingerprint density at radius 2 is 1.45 bits per heavy atom. The minimum Gasteiger partial charge on any atom is -0.342 e. The first-order valence-corrected chi connectivity index (χ1v) is 11.6. The van der Waals surface area contributed by atoms with E-state index in [9.17, 15) is 9.59 Å². The molecule has 3 heterocycles. The minimum absolute atomic E-state index is 0.0915. The van der Waals surface area contributed by atoms with Gasteiger partial charge in [-0.25, -0.2) is 0 Å². The molecule has 4 rings (SSSR count). The first-order valence-electron chi connectivity index (χ1n) is 11.6. The van der Waals surface area contributed by atoms with Crippen molar-refractivity contribution in [1.82, 2.24) is 19.3 Å². The van der Waals surface area contributed by atoms with Gasteiger partial charge in [-0.1, -0.05) is 31.0 Å². The molecule has 0 saturated carbocycles. The molecule has 0 aliphatic carbocycles. The number of rotatable bonds is 4. The Bertz CT molecular complexity index is 905. The standard InChI is InChI=1S/C25H34N4O2/c1-20-18-23(21(2)29(20)22-10-6-5-7-11-22)25(31)28-16-14-26(15-17-28)19-24(30)27-12-8-3-4-9-13-27/h5-7,10-11,18H,3-4,8-9,12-17,19H2,1-2H3. The molecule has 1 aromatic heterocycles. The molecule has 2 aromatic rings. The molecule has 2 amide bonds. The van der Waals surface area contributed by atoms with Gasteiger partial charge in [-0.15, -0.1) is 0 Å². The van der Waals surface area contributed by atoms with E-state index in [1.165, 1.54) is 12.8 Å². The van der Waals surface area contributed by atoms with Crippen LogP contribution in [0.4, 0.5) is 0 Å². The van der Waals surface area contributed by atoms with Crippen LogP contribution in [0.15, 0.2) is 36.4 Å². The number of aryl methyl sites for hydroxylation is 1. The van der Waals surface area contributed by atoms with Gasteiger partial charge in [0.05, 0.1) is 12.1 Å². The fraction of sp³-hybridized carbons (Fsp3) is 0.520. The van der Waals surface area contributed by atoms with E-state index < -0.39 is 0 Å². The Morgan fingerprint density at radius 1 is 0.806 bits per heavy atom. The molecule has 0 spiro atoms. The van der Waals surface area contributed by atoms with Crippen molar-refractivity contribution in [3.63, 3.8) is 0 Å². The van der Waals surface area contributed by atoms with Gasteiger partial charge < -0.3 is 14.4 Å². The molecule has 6 heteroatoms. The highest BCUT2D eigenvalue weighted by Gasteiger charge is 2.27. The van der Waals surface area contributed by atoms with Crippen LogP contribution in [0, 0.1) is 13.8 Å². The van der Waals surface area contributed by atoms with Gasteiger partial charge >= 0.3 is 0 Å². The molecule has 0 unspecified atom stereocenters. The number of hydrogen-bond acceptors (Lipinski definition) is 3. The second kappa shape index (κ2) is 9.69. The Morgan fingerprint density at radius 3 is 2.10 bits per heavy atom. The Labute approximate surface area is 185 Å². The summed E-state index contributed by atoms with van der Waals surface area (Å²) in [5.41, 5.74) is 3.89. The van der Waals surface area contributed by atoms with Crippen LogP contribution >= 0.6 is 0 Å². The Hall–Kier alpha value is -2.60. The van der Waals surface area contributed by atoms with Crippen molar-refractivity contribution in [2.24, 2.45) is 0 Å². The van der Waals surface area contributed by atoms with Crippen LogP contribution in [0.2, 0.25) is 0 Å². The van der Waals surface area contributed by atoms with Gasteiger partial charge in [-0.05, 0) is 44.9 Å². The molecule has 0 bridgehead atoms. The van der Waals surface area contributed by atoms with E-state index in [1.54, 1.807) is 0 Å². The third-order valence-electron chi connectivity index (χ3n) is 6.65. The molecule has 6 nitrogen and oxygen atoms in total. The van der Waals surface area contributed by atoms with Crippen molar-refractivity contribution >= 4 is 11.8 Å². The topological polar surface area (TPSA) is 48.8 Å². The van der Waals surface area contributed by atoms with Gasteiger partial charge in [-0.2, -0.15) is 0 Å². The van der Waals surface area contributed by atoms with Gasteiger partial charge in [0.1, 0.15) is 0 Å². The van der Waals surface area contributed by atoms with Gasteiger partial charge in [0, 0.05) is 56.3 Å². The molecule has 2 saturated heterocycles. The highest BCUT2D eigenvalue weighted by Crippen LogP contribution is 2.22. The quantitative estimate of drug-likeness (QED) is 0.760. The molecule has 2 fully saturated rings. The molecule has 1 aromatic carbocycles. The lowest BCUT2D eigenvalue weighted by molar-refractivity contribution is -0.132. The zero-order valence-corrected chi connectivity index (χ0v) is 18.8. The number of amides is 2. The highest BCUT2D eigenvalue weighted by atomic mass is 16.2. The van der Waals surface area contributed by atoms with Crippen molar-refractivity contribution in [3.05, 3.63) is 53.3 Å². The zero-order valence-electron chi connectivity index (χ0n) is 18.8. The van der Waals surface area contributed by atoms with Gasteiger partial charge in [-0.3, -0.25) is 14.5 Å². The maximum absolute atomic E-state index is 13.3. The van der Waals surface area contributed by atoms with E-state index in [-0.39, 0.29) is 11.8 Å². The summed E-state index contributed by atoms with van der Waals surface area (Å²) in [5, 5.41) is 0. The summed E-state index contributed by atoms with van der Waals surface area (Å²) in [7, 11) is 0. The van der Waals surface area contributed by atoms with E-state index in [0.29, 0.717) is 19.6 Å². The molecular formula is C25H34N4O2. The summed E-state index contributed by atoms with van der Waals surface area (Å²) in [4.78, 5) is 32.1. The predicted octanol–water partition coefficient (Wildman–Crippen LogP) is 3.25. The maximum atomic E-state index is 13.3. The second-order valence-electron chi connectivity index (χ2n) is 8.82. The Balaban J connectivity index is 1.36. The minimum atomic E-state index is 0.0915. The average molecular weight is 423 g/mol. The molecule has 0 radical (unpaired) electrons. The third-order valence-corrected chi connectivity index (χ3v) is 6.65. The van der Waals surface area contributed by atoms with Gasteiger partial charge in [0.2, 0.25) is 5.91 Å². The van der Waals surface area contributed by atoms with Crippen LogP contribution < -0.4 is 0 Å². The normalized spacial score (nSPS) is 18.1. The summed E-state index contributed by atoms with van der Waals surface area (Å²) in [5.74, 6) is 0.335. The smallest absolute Gasteiger partial charge is 0.255 e. The maximum Gasteiger partial charge on any atom is 0.255 e. The summed E-state index contributed by atoms with van der Waals surface area (Å²) in [6, 6.07) is 12.2. The van der Waals surface area contributed by atoms with Gasteiger partial charge in [0.25, 0.3) is 5.91 Å².